The Balaban J connectivity index is 1.66. The molecule has 2 heterocycles. The second kappa shape index (κ2) is 8.65. The highest BCUT2D eigenvalue weighted by Crippen LogP contribution is 2.21. The Morgan fingerprint density at radius 3 is 2.52 bits per heavy atom. The molecule has 146 valence electrons. The summed E-state index contributed by atoms with van der Waals surface area (Å²) in [4.78, 5) is 14.8. The summed E-state index contributed by atoms with van der Waals surface area (Å²) in [6.45, 7) is 9.72. The first-order chi connectivity index (χ1) is 13.0. The first kappa shape index (κ1) is 19.5. The zero-order chi connectivity index (χ0) is 19.4. The smallest absolute Gasteiger partial charge is 0.227 e. The molecule has 0 atom stereocenters. The summed E-state index contributed by atoms with van der Waals surface area (Å²) in [6, 6.07) is 6.26. The highest BCUT2D eigenvalue weighted by atomic mass is 19.1. The van der Waals surface area contributed by atoms with Crippen LogP contribution >= 0.6 is 0 Å². The Morgan fingerprint density at radius 1 is 1.22 bits per heavy atom. The number of carbonyl (C=O) groups excluding carboxylic acids is 1. The third-order valence-corrected chi connectivity index (χ3v) is 5.49. The zero-order valence-corrected chi connectivity index (χ0v) is 16.5. The van der Waals surface area contributed by atoms with Crippen molar-refractivity contribution in [1.29, 1.82) is 0 Å². The summed E-state index contributed by atoms with van der Waals surface area (Å²) < 4.78 is 15.0. The van der Waals surface area contributed by atoms with Gasteiger partial charge in [0.05, 0.1) is 17.8 Å². The Hall–Kier alpha value is -2.21. The number of aromatic nitrogens is 2. The predicted octanol–water partition coefficient (Wildman–Crippen LogP) is 3.02. The summed E-state index contributed by atoms with van der Waals surface area (Å²) >= 11 is 0. The SMILES string of the molecule is CCNCC1CCN(C(=O)Cc2c(C)nn(-c3ccc(F)cc3)c2C)CC1. The van der Waals surface area contributed by atoms with E-state index in [9.17, 15) is 9.18 Å². The van der Waals surface area contributed by atoms with Crippen LogP contribution in [0.1, 0.15) is 36.7 Å². The van der Waals surface area contributed by atoms with Gasteiger partial charge in [0.1, 0.15) is 5.82 Å². The Labute approximate surface area is 160 Å². The normalized spacial score (nSPS) is 15.3. The van der Waals surface area contributed by atoms with Gasteiger partial charge in [-0.3, -0.25) is 4.79 Å². The van der Waals surface area contributed by atoms with E-state index in [-0.39, 0.29) is 11.7 Å². The number of piperidine rings is 1. The molecule has 1 saturated heterocycles. The van der Waals surface area contributed by atoms with Crippen molar-refractivity contribution in [3.63, 3.8) is 0 Å². The Morgan fingerprint density at radius 2 is 1.89 bits per heavy atom. The van der Waals surface area contributed by atoms with Crippen molar-refractivity contribution in [3.8, 4) is 5.69 Å². The molecule has 1 aliphatic rings. The molecular formula is C21H29FN4O. The summed E-state index contributed by atoms with van der Waals surface area (Å²) in [5.74, 6) is 0.564. The summed E-state index contributed by atoms with van der Waals surface area (Å²) in [5.41, 5.74) is 3.57. The highest BCUT2D eigenvalue weighted by Gasteiger charge is 2.24. The molecule has 1 aliphatic heterocycles. The number of hydrogen-bond acceptors (Lipinski definition) is 3. The molecule has 1 N–H and O–H groups in total. The quantitative estimate of drug-likeness (QED) is 0.848. The Kier molecular flexibility index (Phi) is 6.26. The number of likely N-dealkylation sites (tertiary alicyclic amines) is 1. The van der Waals surface area contributed by atoms with E-state index in [0.29, 0.717) is 12.3 Å². The Bertz CT molecular complexity index is 776. The molecule has 0 aliphatic carbocycles. The third kappa shape index (κ3) is 4.56. The number of rotatable bonds is 6. The van der Waals surface area contributed by atoms with E-state index in [1.54, 1.807) is 16.8 Å². The zero-order valence-electron chi connectivity index (χ0n) is 16.5. The van der Waals surface area contributed by atoms with Crippen LogP contribution < -0.4 is 5.32 Å². The standard InChI is InChI=1S/C21H29FN4O/c1-4-23-14-17-9-11-25(12-10-17)21(27)13-20-15(2)24-26(16(20)3)19-7-5-18(22)6-8-19/h5-8,17,23H,4,9-14H2,1-3H3. The maximum absolute atomic E-state index is 13.2. The van der Waals surface area contributed by atoms with Gasteiger partial charge in [-0.05, 0) is 70.0 Å². The van der Waals surface area contributed by atoms with Crippen LogP contribution in [0.3, 0.4) is 0 Å². The molecule has 2 aromatic rings. The van der Waals surface area contributed by atoms with Gasteiger partial charge >= 0.3 is 0 Å². The van der Waals surface area contributed by atoms with Gasteiger partial charge in [-0.15, -0.1) is 0 Å². The predicted molar refractivity (Wildman–Crippen MR) is 105 cm³/mol. The lowest BCUT2D eigenvalue weighted by Crippen LogP contribution is -2.41. The molecule has 5 nitrogen and oxygen atoms in total. The fourth-order valence-corrected chi connectivity index (χ4v) is 3.76. The van der Waals surface area contributed by atoms with Crippen LogP contribution in [0, 0.1) is 25.6 Å². The summed E-state index contributed by atoms with van der Waals surface area (Å²) in [6.07, 6.45) is 2.49. The second-order valence-corrected chi connectivity index (χ2v) is 7.35. The molecule has 1 aromatic heterocycles. The van der Waals surface area contributed by atoms with Gasteiger partial charge in [0.2, 0.25) is 5.91 Å². The molecule has 0 saturated carbocycles. The lowest BCUT2D eigenvalue weighted by Gasteiger charge is -2.32. The molecule has 0 radical (unpaired) electrons. The van der Waals surface area contributed by atoms with Crippen molar-refractivity contribution in [2.75, 3.05) is 26.2 Å². The van der Waals surface area contributed by atoms with Crippen molar-refractivity contribution in [1.82, 2.24) is 20.0 Å². The van der Waals surface area contributed by atoms with Crippen LogP contribution in [-0.4, -0.2) is 46.8 Å². The molecule has 0 bridgehead atoms. The molecule has 1 aromatic carbocycles. The first-order valence-corrected chi connectivity index (χ1v) is 9.79. The number of amides is 1. The van der Waals surface area contributed by atoms with Crippen LogP contribution in [0.15, 0.2) is 24.3 Å². The molecule has 0 unspecified atom stereocenters. The molecule has 3 rings (SSSR count). The van der Waals surface area contributed by atoms with E-state index >= 15 is 0 Å². The average molecular weight is 372 g/mol. The van der Waals surface area contributed by atoms with Gasteiger partial charge in [-0.1, -0.05) is 6.92 Å². The van der Waals surface area contributed by atoms with Crippen molar-refractivity contribution >= 4 is 5.91 Å². The minimum absolute atomic E-state index is 0.168. The number of halogens is 1. The molecule has 1 amide bonds. The number of nitrogens with one attached hydrogen (secondary N) is 1. The van der Waals surface area contributed by atoms with Crippen LogP contribution in [0.25, 0.3) is 5.69 Å². The monoisotopic (exact) mass is 372 g/mol. The van der Waals surface area contributed by atoms with Crippen LogP contribution in [0.2, 0.25) is 0 Å². The minimum atomic E-state index is -0.270. The van der Waals surface area contributed by atoms with Crippen LogP contribution in [0.4, 0.5) is 4.39 Å². The molecule has 6 heteroatoms. The van der Waals surface area contributed by atoms with Crippen LogP contribution in [-0.2, 0) is 11.2 Å². The van der Waals surface area contributed by atoms with Crippen LogP contribution in [0.5, 0.6) is 0 Å². The van der Waals surface area contributed by atoms with Gasteiger partial charge in [0.15, 0.2) is 0 Å². The average Bonchev–Trinajstić information content (AvgIpc) is 2.95. The van der Waals surface area contributed by atoms with E-state index in [4.69, 9.17) is 0 Å². The highest BCUT2D eigenvalue weighted by molar-refractivity contribution is 5.79. The van der Waals surface area contributed by atoms with E-state index in [0.717, 1.165) is 61.7 Å². The van der Waals surface area contributed by atoms with Gasteiger partial charge in [0.25, 0.3) is 0 Å². The second-order valence-electron chi connectivity index (χ2n) is 7.35. The van der Waals surface area contributed by atoms with Gasteiger partial charge in [-0.25, -0.2) is 9.07 Å². The van der Waals surface area contributed by atoms with Crippen molar-refractivity contribution < 1.29 is 9.18 Å². The lowest BCUT2D eigenvalue weighted by molar-refractivity contribution is -0.131. The fraction of sp³-hybridized carbons (Fsp3) is 0.524. The summed E-state index contributed by atoms with van der Waals surface area (Å²) in [7, 11) is 0. The maximum Gasteiger partial charge on any atom is 0.227 e. The lowest BCUT2D eigenvalue weighted by atomic mass is 9.96. The summed E-state index contributed by atoms with van der Waals surface area (Å²) in [5, 5.41) is 7.97. The number of benzene rings is 1. The third-order valence-electron chi connectivity index (χ3n) is 5.49. The van der Waals surface area contributed by atoms with Gasteiger partial charge < -0.3 is 10.2 Å². The number of aryl methyl sites for hydroxylation is 1. The number of carbonyl (C=O) groups is 1. The molecule has 1 fully saturated rings. The van der Waals surface area contributed by atoms with Crippen molar-refractivity contribution in [3.05, 3.63) is 47.0 Å². The maximum atomic E-state index is 13.2. The fourth-order valence-electron chi connectivity index (χ4n) is 3.76. The van der Waals surface area contributed by atoms with Gasteiger partial charge in [-0.2, -0.15) is 5.10 Å². The first-order valence-electron chi connectivity index (χ1n) is 9.79. The van der Waals surface area contributed by atoms with Crippen molar-refractivity contribution in [2.45, 2.75) is 40.0 Å². The van der Waals surface area contributed by atoms with E-state index in [1.165, 1.54) is 12.1 Å². The largest absolute Gasteiger partial charge is 0.342 e. The molecule has 27 heavy (non-hydrogen) atoms. The molecule has 0 spiro atoms. The number of nitrogens with zero attached hydrogens (tertiary/aromatic N) is 3. The number of hydrogen-bond donors (Lipinski definition) is 1. The van der Waals surface area contributed by atoms with E-state index in [1.807, 2.05) is 18.7 Å². The molecular weight excluding hydrogens is 343 g/mol. The van der Waals surface area contributed by atoms with E-state index in [2.05, 4.69) is 17.3 Å². The van der Waals surface area contributed by atoms with E-state index < -0.39 is 0 Å². The topological polar surface area (TPSA) is 50.2 Å². The van der Waals surface area contributed by atoms with Gasteiger partial charge in [0, 0.05) is 24.3 Å². The minimum Gasteiger partial charge on any atom is -0.342 e. The van der Waals surface area contributed by atoms with Crippen molar-refractivity contribution in [2.24, 2.45) is 5.92 Å².